The van der Waals surface area contributed by atoms with E-state index in [0.29, 0.717) is 0 Å². The van der Waals surface area contributed by atoms with Crippen LogP contribution in [-0.4, -0.2) is 58.2 Å². The number of likely N-dealkylation sites (N-methyl/N-ethyl adjacent to an activating group) is 1. The molecule has 7 heteroatoms. The van der Waals surface area contributed by atoms with Gasteiger partial charge in [0.1, 0.15) is 11.4 Å². The molecule has 3 rings (SSSR count). The van der Waals surface area contributed by atoms with Gasteiger partial charge in [0.15, 0.2) is 0 Å². The number of nitrogens with zero attached hydrogens (tertiary/aromatic N) is 4. The van der Waals surface area contributed by atoms with Crippen LogP contribution in [0.15, 0.2) is 24.4 Å². The zero-order valence-electron chi connectivity index (χ0n) is 15.5. The molecule has 1 aliphatic heterocycles. The minimum atomic E-state index is -0.556. The predicted octanol–water partition coefficient (Wildman–Crippen LogP) is 2.32. The summed E-state index contributed by atoms with van der Waals surface area (Å²) < 4.78 is 1.78. The van der Waals surface area contributed by atoms with Crippen molar-refractivity contribution in [3.8, 4) is 0 Å². The van der Waals surface area contributed by atoms with Gasteiger partial charge < -0.3 is 10.2 Å². The molecular weight excluding hydrogens is 334 g/mol. The third kappa shape index (κ3) is 3.88. The molecule has 2 aromatic heterocycles. The molecule has 0 atom stereocenters. The Morgan fingerprint density at radius 2 is 2.04 bits per heavy atom. The lowest BCUT2D eigenvalue weighted by molar-refractivity contribution is -0.135. The number of aromatic nitrogens is 2. The van der Waals surface area contributed by atoms with Crippen molar-refractivity contribution in [1.82, 2.24) is 19.6 Å². The minimum Gasteiger partial charge on any atom is -0.356 e. The molecule has 0 aromatic carbocycles. The third-order valence-corrected chi connectivity index (χ3v) is 5.87. The summed E-state index contributed by atoms with van der Waals surface area (Å²) >= 11 is 1.85. The standard InChI is InChI=1S/C18H27N5OS/c1-14-5-6-15(25-14)13-23-11-8-18(9-12-23,17(24)21(2)3)20-16-7-10-19-22(16)4/h5-7,10,20H,8-9,11-13H2,1-4H3. The zero-order chi connectivity index (χ0) is 18.0. The van der Waals surface area contributed by atoms with Crippen LogP contribution in [0.3, 0.4) is 0 Å². The van der Waals surface area contributed by atoms with Crippen LogP contribution < -0.4 is 5.32 Å². The van der Waals surface area contributed by atoms with Gasteiger partial charge in [-0.25, -0.2) is 0 Å². The van der Waals surface area contributed by atoms with Crippen LogP contribution in [0, 0.1) is 6.92 Å². The van der Waals surface area contributed by atoms with Gasteiger partial charge in [-0.2, -0.15) is 5.10 Å². The molecule has 0 aliphatic carbocycles. The average Bonchev–Trinajstić information content (AvgIpc) is 3.17. The third-order valence-electron chi connectivity index (χ3n) is 4.89. The summed E-state index contributed by atoms with van der Waals surface area (Å²) in [5, 5.41) is 7.71. The number of nitrogens with one attached hydrogen (secondary N) is 1. The monoisotopic (exact) mass is 361 g/mol. The molecule has 136 valence electrons. The van der Waals surface area contributed by atoms with Gasteiger partial charge in [0, 0.05) is 56.6 Å². The Morgan fingerprint density at radius 3 is 2.56 bits per heavy atom. The van der Waals surface area contributed by atoms with Crippen LogP contribution in [0.4, 0.5) is 5.82 Å². The van der Waals surface area contributed by atoms with Crippen LogP contribution in [0.25, 0.3) is 0 Å². The Hall–Kier alpha value is -1.86. The molecule has 0 unspecified atom stereocenters. The van der Waals surface area contributed by atoms with Crippen molar-refractivity contribution in [2.75, 3.05) is 32.5 Å². The second kappa shape index (κ2) is 7.17. The number of likely N-dealkylation sites (tertiary alicyclic amines) is 1. The van der Waals surface area contributed by atoms with E-state index in [1.54, 1.807) is 15.8 Å². The first kappa shape index (κ1) is 17.9. The Bertz CT molecular complexity index is 727. The SMILES string of the molecule is Cc1ccc(CN2CCC(Nc3ccnn3C)(C(=O)N(C)C)CC2)s1. The molecule has 1 amide bonds. The van der Waals surface area contributed by atoms with Crippen LogP contribution in [0.5, 0.6) is 0 Å². The highest BCUT2D eigenvalue weighted by Crippen LogP contribution is 2.30. The van der Waals surface area contributed by atoms with E-state index < -0.39 is 5.54 Å². The number of aryl methyl sites for hydroxylation is 2. The highest BCUT2D eigenvalue weighted by atomic mass is 32.1. The first-order valence-electron chi connectivity index (χ1n) is 8.65. The van der Waals surface area contributed by atoms with Crippen molar-refractivity contribution in [1.29, 1.82) is 0 Å². The maximum Gasteiger partial charge on any atom is 0.247 e. The number of carbonyl (C=O) groups is 1. The van der Waals surface area contributed by atoms with Crippen LogP contribution in [0.1, 0.15) is 22.6 Å². The zero-order valence-corrected chi connectivity index (χ0v) is 16.3. The van der Waals surface area contributed by atoms with Gasteiger partial charge in [0.05, 0.1) is 6.20 Å². The highest BCUT2D eigenvalue weighted by molar-refractivity contribution is 7.11. The number of amides is 1. The van der Waals surface area contributed by atoms with Gasteiger partial charge in [-0.1, -0.05) is 0 Å². The van der Waals surface area contributed by atoms with Gasteiger partial charge in [0.2, 0.25) is 5.91 Å². The predicted molar refractivity (Wildman–Crippen MR) is 102 cm³/mol. The van der Waals surface area contributed by atoms with E-state index in [2.05, 4.69) is 34.4 Å². The molecule has 0 saturated carbocycles. The molecule has 2 aromatic rings. The van der Waals surface area contributed by atoms with E-state index in [4.69, 9.17) is 0 Å². The summed E-state index contributed by atoms with van der Waals surface area (Å²) in [5.41, 5.74) is -0.556. The van der Waals surface area contributed by atoms with Gasteiger partial charge >= 0.3 is 0 Å². The Morgan fingerprint density at radius 1 is 1.32 bits per heavy atom. The summed E-state index contributed by atoms with van der Waals surface area (Å²) in [7, 11) is 5.55. The number of piperidine rings is 1. The van der Waals surface area contributed by atoms with Crippen molar-refractivity contribution in [2.24, 2.45) is 7.05 Å². The summed E-state index contributed by atoms with van der Waals surface area (Å²) in [6.45, 7) is 4.92. The number of anilines is 1. The van der Waals surface area contributed by atoms with Crippen LogP contribution in [0.2, 0.25) is 0 Å². The van der Waals surface area contributed by atoms with Gasteiger partial charge in [-0.05, 0) is 31.9 Å². The van der Waals surface area contributed by atoms with Crippen LogP contribution in [-0.2, 0) is 18.4 Å². The normalized spacial score (nSPS) is 17.4. The first-order chi connectivity index (χ1) is 11.9. The number of hydrogen-bond donors (Lipinski definition) is 1. The Labute approximate surface area is 153 Å². The van der Waals surface area contributed by atoms with Gasteiger partial charge in [-0.15, -0.1) is 11.3 Å². The average molecular weight is 362 g/mol. The molecule has 0 spiro atoms. The second-order valence-corrected chi connectivity index (χ2v) is 8.41. The number of hydrogen-bond acceptors (Lipinski definition) is 5. The highest BCUT2D eigenvalue weighted by Gasteiger charge is 2.42. The maximum absolute atomic E-state index is 12.9. The summed E-state index contributed by atoms with van der Waals surface area (Å²) in [4.78, 5) is 19.8. The molecule has 0 bridgehead atoms. The van der Waals surface area contributed by atoms with Crippen LogP contribution >= 0.6 is 11.3 Å². The van der Waals surface area contributed by atoms with Crippen molar-refractivity contribution >= 4 is 23.1 Å². The minimum absolute atomic E-state index is 0.139. The fourth-order valence-electron chi connectivity index (χ4n) is 3.45. The lowest BCUT2D eigenvalue weighted by Gasteiger charge is -2.42. The first-order valence-corrected chi connectivity index (χ1v) is 9.47. The number of rotatable bonds is 5. The quantitative estimate of drug-likeness (QED) is 0.888. The lowest BCUT2D eigenvalue weighted by Crippen LogP contribution is -2.58. The fraction of sp³-hybridized carbons (Fsp3) is 0.556. The number of carbonyl (C=O) groups excluding carboxylic acids is 1. The van der Waals surface area contributed by atoms with Crippen molar-refractivity contribution in [3.63, 3.8) is 0 Å². The molecule has 25 heavy (non-hydrogen) atoms. The summed E-state index contributed by atoms with van der Waals surface area (Å²) in [5.74, 6) is 1.03. The Balaban J connectivity index is 1.72. The van der Waals surface area contributed by atoms with E-state index in [1.807, 2.05) is 38.5 Å². The summed E-state index contributed by atoms with van der Waals surface area (Å²) in [6, 6.07) is 6.31. The number of thiophene rings is 1. The molecule has 1 N–H and O–H groups in total. The van der Waals surface area contributed by atoms with E-state index >= 15 is 0 Å². The largest absolute Gasteiger partial charge is 0.356 e. The maximum atomic E-state index is 12.9. The van der Waals surface area contributed by atoms with Gasteiger partial charge in [0.25, 0.3) is 0 Å². The smallest absolute Gasteiger partial charge is 0.247 e. The molecular formula is C18H27N5OS. The van der Waals surface area contributed by atoms with Gasteiger partial charge in [-0.3, -0.25) is 14.4 Å². The lowest BCUT2D eigenvalue weighted by atomic mass is 9.85. The molecule has 0 radical (unpaired) electrons. The molecule has 1 saturated heterocycles. The summed E-state index contributed by atoms with van der Waals surface area (Å²) in [6.07, 6.45) is 3.34. The Kier molecular flexibility index (Phi) is 5.15. The topological polar surface area (TPSA) is 53.4 Å². The second-order valence-electron chi connectivity index (χ2n) is 7.04. The molecule has 1 fully saturated rings. The molecule has 6 nitrogen and oxygen atoms in total. The van der Waals surface area contributed by atoms with Crippen molar-refractivity contribution in [2.45, 2.75) is 31.8 Å². The van der Waals surface area contributed by atoms with E-state index in [0.717, 1.165) is 38.3 Å². The van der Waals surface area contributed by atoms with Crippen molar-refractivity contribution in [3.05, 3.63) is 34.2 Å². The molecule has 1 aliphatic rings. The fourth-order valence-corrected chi connectivity index (χ4v) is 4.38. The van der Waals surface area contributed by atoms with E-state index in [9.17, 15) is 4.79 Å². The molecule has 3 heterocycles. The van der Waals surface area contributed by atoms with Crippen molar-refractivity contribution < 1.29 is 4.79 Å². The van der Waals surface area contributed by atoms with E-state index in [-0.39, 0.29) is 5.91 Å². The van der Waals surface area contributed by atoms with E-state index in [1.165, 1.54) is 9.75 Å².